The second-order valence-corrected chi connectivity index (χ2v) is 2.12. The summed E-state index contributed by atoms with van der Waals surface area (Å²) in [5.74, 6) is -2.71. The van der Waals surface area contributed by atoms with Crippen LogP contribution in [0.3, 0.4) is 0 Å². The van der Waals surface area contributed by atoms with Crippen molar-refractivity contribution in [3.63, 3.8) is 0 Å². The van der Waals surface area contributed by atoms with Crippen LogP contribution in [0.4, 0.5) is 0 Å². The van der Waals surface area contributed by atoms with Gasteiger partial charge in [-0.3, -0.25) is 4.79 Å². The molecule has 0 fully saturated rings. The predicted molar refractivity (Wildman–Crippen MR) is 30.5 cm³/mol. The Morgan fingerprint density at radius 3 is 2.56 bits per heavy atom. The Labute approximate surface area is 52.6 Å². The molecule has 0 saturated carbocycles. The fourth-order valence-corrected chi connectivity index (χ4v) is 0.732. The van der Waals surface area contributed by atoms with E-state index in [1.807, 2.05) is 0 Å². The van der Waals surface area contributed by atoms with Gasteiger partial charge in [0.05, 0.1) is 0 Å². The maximum absolute atomic E-state index is 10.5. The largest absolute Gasteiger partial charge is 0.359 e. The third-order valence-corrected chi connectivity index (χ3v) is 1.32. The molecule has 0 radical (unpaired) electrons. The average molecular weight is 128 g/mol. The number of hydrogen-bond donors (Lipinski definition) is 2. The number of carbonyl (C=O) groups is 1. The van der Waals surface area contributed by atoms with Crippen molar-refractivity contribution in [1.82, 2.24) is 0 Å². The summed E-state index contributed by atoms with van der Waals surface area (Å²) in [5.41, 5.74) is 0. The van der Waals surface area contributed by atoms with Crippen LogP contribution in [-0.2, 0) is 4.79 Å². The van der Waals surface area contributed by atoms with E-state index < -0.39 is 11.6 Å². The molecule has 3 heteroatoms. The zero-order chi connectivity index (χ0) is 6.91. The standard InChI is InChI=1S/C6H8O3/c7-5-3-1-2-4-6(5,8)9/h1,3,8-9H,2,4H2. The Hall–Kier alpha value is -0.670. The molecule has 0 unspecified atom stereocenters. The van der Waals surface area contributed by atoms with Gasteiger partial charge in [0, 0.05) is 6.42 Å². The van der Waals surface area contributed by atoms with Crippen molar-refractivity contribution in [1.29, 1.82) is 0 Å². The van der Waals surface area contributed by atoms with E-state index in [0.29, 0.717) is 6.42 Å². The van der Waals surface area contributed by atoms with Gasteiger partial charge in [0.2, 0.25) is 11.6 Å². The molecular weight excluding hydrogens is 120 g/mol. The molecule has 0 atom stereocenters. The minimum Gasteiger partial charge on any atom is -0.359 e. The third kappa shape index (κ3) is 1.17. The second kappa shape index (κ2) is 1.93. The molecule has 3 nitrogen and oxygen atoms in total. The molecular formula is C6H8O3. The minimum atomic E-state index is -2.09. The molecule has 50 valence electrons. The van der Waals surface area contributed by atoms with Crippen LogP contribution in [-0.4, -0.2) is 21.8 Å². The van der Waals surface area contributed by atoms with Gasteiger partial charge in [-0.1, -0.05) is 6.08 Å². The highest BCUT2D eigenvalue weighted by atomic mass is 16.5. The summed E-state index contributed by atoms with van der Waals surface area (Å²) >= 11 is 0. The summed E-state index contributed by atoms with van der Waals surface area (Å²) in [6, 6.07) is 0. The van der Waals surface area contributed by atoms with E-state index in [4.69, 9.17) is 10.2 Å². The van der Waals surface area contributed by atoms with Crippen molar-refractivity contribution in [3.8, 4) is 0 Å². The smallest absolute Gasteiger partial charge is 0.228 e. The summed E-state index contributed by atoms with van der Waals surface area (Å²) < 4.78 is 0. The van der Waals surface area contributed by atoms with Crippen LogP contribution in [0.2, 0.25) is 0 Å². The fourth-order valence-electron chi connectivity index (χ4n) is 0.732. The maximum atomic E-state index is 10.5. The summed E-state index contributed by atoms with van der Waals surface area (Å²) in [4.78, 5) is 10.5. The van der Waals surface area contributed by atoms with Crippen molar-refractivity contribution in [2.24, 2.45) is 0 Å². The van der Waals surface area contributed by atoms with E-state index in [1.165, 1.54) is 6.08 Å². The molecule has 0 aromatic rings. The third-order valence-electron chi connectivity index (χ3n) is 1.32. The van der Waals surface area contributed by atoms with Gasteiger partial charge in [-0.05, 0) is 12.5 Å². The molecule has 0 aromatic carbocycles. The van der Waals surface area contributed by atoms with Crippen molar-refractivity contribution in [2.75, 3.05) is 0 Å². The monoisotopic (exact) mass is 128 g/mol. The van der Waals surface area contributed by atoms with Crippen LogP contribution in [0.1, 0.15) is 12.8 Å². The lowest BCUT2D eigenvalue weighted by Gasteiger charge is -2.19. The van der Waals surface area contributed by atoms with Crippen molar-refractivity contribution in [3.05, 3.63) is 12.2 Å². The first kappa shape index (κ1) is 6.45. The van der Waals surface area contributed by atoms with Crippen LogP contribution in [0, 0.1) is 0 Å². The first-order chi connectivity index (χ1) is 4.13. The highest BCUT2D eigenvalue weighted by Crippen LogP contribution is 2.15. The first-order valence-electron chi connectivity index (χ1n) is 2.79. The fraction of sp³-hybridized carbons (Fsp3) is 0.500. The molecule has 1 aliphatic carbocycles. The van der Waals surface area contributed by atoms with Crippen LogP contribution < -0.4 is 0 Å². The summed E-state index contributed by atoms with van der Waals surface area (Å²) in [5, 5.41) is 17.6. The number of carbonyl (C=O) groups excluding carboxylic acids is 1. The summed E-state index contributed by atoms with van der Waals surface area (Å²) in [7, 11) is 0. The molecule has 0 saturated heterocycles. The molecule has 0 heterocycles. The van der Waals surface area contributed by atoms with Gasteiger partial charge >= 0.3 is 0 Å². The molecule has 0 spiro atoms. The van der Waals surface area contributed by atoms with Gasteiger partial charge in [0.25, 0.3) is 0 Å². The van der Waals surface area contributed by atoms with Crippen LogP contribution in [0.15, 0.2) is 12.2 Å². The van der Waals surface area contributed by atoms with Crippen molar-refractivity contribution >= 4 is 5.78 Å². The van der Waals surface area contributed by atoms with Gasteiger partial charge in [-0.25, -0.2) is 0 Å². The lowest BCUT2D eigenvalue weighted by molar-refractivity contribution is -0.180. The van der Waals surface area contributed by atoms with E-state index in [1.54, 1.807) is 6.08 Å². The van der Waals surface area contributed by atoms with E-state index in [-0.39, 0.29) is 6.42 Å². The summed E-state index contributed by atoms with van der Waals surface area (Å²) in [6.45, 7) is 0. The maximum Gasteiger partial charge on any atom is 0.228 e. The Bertz CT molecular complexity index is 158. The zero-order valence-electron chi connectivity index (χ0n) is 4.87. The molecule has 0 amide bonds. The lowest BCUT2D eigenvalue weighted by Crippen LogP contribution is -2.38. The quantitative estimate of drug-likeness (QED) is 0.436. The lowest BCUT2D eigenvalue weighted by atomic mass is 10.00. The Balaban J connectivity index is 2.78. The Morgan fingerprint density at radius 1 is 1.56 bits per heavy atom. The minimum absolute atomic E-state index is 0.113. The van der Waals surface area contributed by atoms with Gasteiger partial charge in [0.15, 0.2) is 0 Å². The number of rotatable bonds is 0. The molecule has 0 bridgehead atoms. The van der Waals surface area contributed by atoms with Crippen LogP contribution in [0.5, 0.6) is 0 Å². The number of ketones is 1. The number of allylic oxidation sites excluding steroid dienone is 1. The molecule has 0 aliphatic heterocycles. The number of aliphatic hydroxyl groups is 2. The van der Waals surface area contributed by atoms with Gasteiger partial charge in [-0.2, -0.15) is 0 Å². The van der Waals surface area contributed by atoms with E-state index in [0.717, 1.165) is 0 Å². The van der Waals surface area contributed by atoms with Crippen LogP contribution >= 0.6 is 0 Å². The normalized spacial score (nSPS) is 24.4. The van der Waals surface area contributed by atoms with E-state index >= 15 is 0 Å². The molecule has 1 aliphatic rings. The van der Waals surface area contributed by atoms with Gasteiger partial charge < -0.3 is 10.2 Å². The molecule has 2 N–H and O–H groups in total. The predicted octanol–water partition coefficient (Wildman–Crippen LogP) is -0.414. The van der Waals surface area contributed by atoms with Gasteiger partial charge in [-0.15, -0.1) is 0 Å². The second-order valence-electron chi connectivity index (χ2n) is 2.12. The van der Waals surface area contributed by atoms with Gasteiger partial charge in [0.1, 0.15) is 0 Å². The Kier molecular flexibility index (Phi) is 1.38. The van der Waals surface area contributed by atoms with Crippen molar-refractivity contribution in [2.45, 2.75) is 18.6 Å². The van der Waals surface area contributed by atoms with Crippen molar-refractivity contribution < 1.29 is 15.0 Å². The van der Waals surface area contributed by atoms with E-state index in [2.05, 4.69) is 0 Å². The van der Waals surface area contributed by atoms with E-state index in [9.17, 15) is 4.79 Å². The number of hydrogen-bond acceptors (Lipinski definition) is 3. The highest BCUT2D eigenvalue weighted by Gasteiger charge is 2.31. The molecule has 0 aromatic heterocycles. The SMILES string of the molecule is O=C1C=CCCC1(O)O. The summed E-state index contributed by atoms with van der Waals surface area (Å²) in [6.07, 6.45) is 3.50. The average Bonchev–Trinajstić information content (AvgIpc) is 1.77. The highest BCUT2D eigenvalue weighted by molar-refractivity contribution is 5.96. The topological polar surface area (TPSA) is 57.5 Å². The first-order valence-corrected chi connectivity index (χ1v) is 2.79. The molecule has 9 heavy (non-hydrogen) atoms. The molecule has 1 rings (SSSR count). The zero-order valence-corrected chi connectivity index (χ0v) is 4.87. The Morgan fingerprint density at radius 2 is 2.22 bits per heavy atom. The van der Waals surface area contributed by atoms with Crippen LogP contribution in [0.25, 0.3) is 0 Å².